The van der Waals surface area contributed by atoms with Crippen LogP contribution in [0.5, 0.6) is 0 Å². The average molecular weight is 429 g/mol. The summed E-state index contributed by atoms with van der Waals surface area (Å²) in [4.78, 5) is 5.35. The maximum atomic E-state index is 6.50. The Hall–Kier alpha value is -1.79. The summed E-state index contributed by atoms with van der Waals surface area (Å²) < 4.78 is 14.8. The molecular formula is C23H25ClN2O2S. The van der Waals surface area contributed by atoms with Crippen LogP contribution >= 0.6 is 23.4 Å². The Morgan fingerprint density at radius 1 is 1.17 bits per heavy atom. The zero-order valence-corrected chi connectivity index (χ0v) is 18.0. The number of ether oxygens (including phenoxy) is 2. The summed E-state index contributed by atoms with van der Waals surface area (Å²) in [6.45, 7) is 3.35. The Labute approximate surface area is 181 Å². The molecule has 0 bridgehead atoms. The standard InChI is InChI=1S/C23H25ClN2O2S/c1-18-2-4-19(5-3-18)10-11-23(16-26-13-12-25-17-26)27-14-21(28-23)15-29-22-8-6-20(24)7-9-22/h2-9,12-13,17,21H,10-11,14-16H2,1H3. The molecule has 0 N–H and O–H groups in total. The first-order valence-corrected chi connectivity index (χ1v) is 11.2. The van der Waals surface area contributed by atoms with Crippen LogP contribution in [0.25, 0.3) is 0 Å². The molecule has 1 saturated heterocycles. The highest BCUT2D eigenvalue weighted by Crippen LogP contribution is 2.33. The van der Waals surface area contributed by atoms with Crippen molar-refractivity contribution in [1.29, 1.82) is 0 Å². The molecule has 1 aliphatic heterocycles. The fraction of sp³-hybridized carbons (Fsp3) is 0.348. The van der Waals surface area contributed by atoms with E-state index in [9.17, 15) is 0 Å². The molecule has 2 heterocycles. The molecule has 0 radical (unpaired) electrons. The highest BCUT2D eigenvalue weighted by atomic mass is 35.5. The van der Waals surface area contributed by atoms with Crippen LogP contribution < -0.4 is 0 Å². The number of imidazole rings is 1. The van der Waals surface area contributed by atoms with Crippen LogP contribution in [0.4, 0.5) is 0 Å². The second kappa shape index (κ2) is 9.35. The molecule has 1 aliphatic rings. The van der Waals surface area contributed by atoms with Crippen LogP contribution in [-0.4, -0.2) is 33.8 Å². The van der Waals surface area contributed by atoms with Gasteiger partial charge in [0.25, 0.3) is 0 Å². The van der Waals surface area contributed by atoms with Gasteiger partial charge in [0.1, 0.15) is 0 Å². The van der Waals surface area contributed by atoms with Crippen molar-refractivity contribution in [2.45, 2.75) is 43.1 Å². The molecule has 1 fully saturated rings. The molecule has 3 aromatic rings. The van der Waals surface area contributed by atoms with Gasteiger partial charge in [0.05, 0.1) is 25.6 Å². The van der Waals surface area contributed by atoms with Crippen LogP contribution in [0.15, 0.2) is 72.1 Å². The molecule has 2 atom stereocenters. The molecular weight excluding hydrogens is 404 g/mol. The van der Waals surface area contributed by atoms with Crippen molar-refractivity contribution >= 4 is 23.4 Å². The minimum atomic E-state index is -0.628. The van der Waals surface area contributed by atoms with Crippen molar-refractivity contribution in [3.05, 3.63) is 83.4 Å². The van der Waals surface area contributed by atoms with Crippen LogP contribution in [0.3, 0.4) is 0 Å². The highest BCUT2D eigenvalue weighted by Gasteiger charge is 2.41. The third-order valence-electron chi connectivity index (χ3n) is 5.06. The van der Waals surface area contributed by atoms with Gasteiger partial charge in [-0.25, -0.2) is 4.98 Å². The maximum Gasteiger partial charge on any atom is 0.187 e. The van der Waals surface area contributed by atoms with Gasteiger partial charge in [-0.2, -0.15) is 0 Å². The second-order valence-electron chi connectivity index (χ2n) is 7.45. The van der Waals surface area contributed by atoms with Crippen LogP contribution in [0.1, 0.15) is 17.5 Å². The normalized spacial score (nSPS) is 21.5. The molecule has 0 spiro atoms. The molecule has 0 aliphatic carbocycles. The van der Waals surface area contributed by atoms with Crippen molar-refractivity contribution in [1.82, 2.24) is 9.55 Å². The lowest BCUT2D eigenvalue weighted by Gasteiger charge is -2.28. The van der Waals surface area contributed by atoms with Gasteiger partial charge in [0, 0.05) is 34.5 Å². The number of rotatable bonds is 8. The summed E-state index contributed by atoms with van der Waals surface area (Å²) in [6, 6.07) is 16.6. The topological polar surface area (TPSA) is 36.3 Å². The Balaban J connectivity index is 1.40. The molecule has 1 aromatic heterocycles. The van der Waals surface area contributed by atoms with Gasteiger partial charge in [-0.3, -0.25) is 0 Å². The summed E-state index contributed by atoms with van der Waals surface area (Å²) in [7, 11) is 0. The molecule has 2 unspecified atom stereocenters. The number of hydrogen-bond acceptors (Lipinski definition) is 4. The molecule has 4 nitrogen and oxygen atoms in total. The molecule has 2 aromatic carbocycles. The van der Waals surface area contributed by atoms with Crippen LogP contribution in [0.2, 0.25) is 5.02 Å². The number of nitrogens with zero attached hydrogens (tertiary/aromatic N) is 2. The fourth-order valence-electron chi connectivity index (χ4n) is 3.46. The lowest BCUT2D eigenvalue weighted by Crippen LogP contribution is -2.37. The van der Waals surface area contributed by atoms with Gasteiger partial charge < -0.3 is 14.0 Å². The van der Waals surface area contributed by atoms with Gasteiger partial charge in [-0.1, -0.05) is 41.4 Å². The number of aryl methyl sites for hydroxylation is 2. The zero-order valence-electron chi connectivity index (χ0n) is 16.5. The quantitative estimate of drug-likeness (QED) is 0.451. The first-order valence-electron chi connectivity index (χ1n) is 9.82. The van der Waals surface area contributed by atoms with Gasteiger partial charge in [-0.05, 0) is 43.2 Å². The SMILES string of the molecule is Cc1ccc(CCC2(Cn3ccnc3)OCC(CSc3ccc(Cl)cc3)O2)cc1. The molecule has 6 heteroatoms. The van der Waals surface area contributed by atoms with Gasteiger partial charge in [-0.15, -0.1) is 11.8 Å². The first kappa shape index (κ1) is 20.5. The smallest absolute Gasteiger partial charge is 0.187 e. The number of benzene rings is 2. The van der Waals surface area contributed by atoms with E-state index in [1.807, 2.05) is 41.4 Å². The summed E-state index contributed by atoms with van der Waals surface area (Å²) >= 11 is 7.74. The van der Waals surface area contributed by atoms with Crippen molar-refractivity contribution in [3.8, 4) is 0 Å². The zero-order chi connectivity index (χ0) is 20.1. The number of hydrogen-bond donors (Lipinski definition) is 0. The molecule has 29 heavy (non-hydrogen) atoms. The van der Waals surface area contributed by atoms with Gasteiger partial charge >= 0.3 is 0 Å². The van der Waals surface area contributed by atoms with E-state index < -0.39 is 5.79 Å². The Kier molecular flexibility index (Phi) is 6.60. The largest absolute Gasteiger partial charge is 0.345 e. The molecule has 0 amide bonds. The van der Waals surface area contributed by atoms with E-state index >= 15 is 0 Å². The minimum absolute atomic E-state index is 0.0530. The van der Waals surface area contributed by atoms with E-state index in [1.165, 1.54) is 16.0 Å². The second-order valence-corrected chi connectivity index (χ2v) is 8.98. The Morgan fingerprint density at radius 2 is 1.97 bits per heavy atom. The summed E-state index contributed by atoms with van der Waals surface area (Å²) in [5.74, 6) is 0.217. The van der Waals surface area contributed by atoms with E-state index in [1.54, 1.807) is 18.0 Å². The van der Waals surface area contributed by atoms with Crippen LogP contribution in [0, 0.1) is 6.92 Å². The predicted octanol–water partition coefficient (Wildman–Crippen LogP) is 5.38. The lowest BCUT2D eigenvalue weighted by molar-refractivity contribution is -0.180. The molecule has 4 rings (SSSR count). The fourth-order valence-corrected chi connectivity index (χ4v) is 4.46. The van der Waals surface area contributed by atoms with Crippen molar-refractivity contribution in [3.63, 3.8) is 0 Å². The summed E-state index contributed by atoms with van der Waals surface area (Å²) in [5.41, 5.74) is 2.57. The Morgan fingerprint density at radius 3 is 2.69 bits per heavy atom. The lowest BCUT2D eigenvalue weighted by atomic mass is 10.0. The van der Waals surface area contributed by atoms with Crippen molar-refractivity contribution < 1.29 is 9.47 Å². The van der Waals surface area contributed by atoms with E-state index in [2.05, 4.69) is 36.2 Å². The molecule has 0 saturated carbocycles. The number of halogens is 1. The van der Waals surface area contributed by atoms with E-state index in [-0.39, 0.29) is 6.10 Å². The number of aromatic nitrogens is 2. The van der Waals surface area contributed by atoms with Gasteiger partial charge in [0.15, 0.2) is 5.79 Å². The van der Waals surface area contributed by atoms with E-state index in [0.717, 1.165) is 23.6 Å². The van der Waals surface area contributed by atoms with Crippen molar-refractivity contribution in [2.75, 3.05) is 12.4 Å². The van der Waals surface area contributed by atoms with Gasteiger partial charge in [0.2, 0.25) is 0 Å². The minimum Gasteiger partial charge on any atom is -0.345 e. The maximum absolute atomic E-state index is 6.50. The monoisotopic (exact) mass is 428 g/mol. The predicted molar refractivity (Wildman–Crippen MR) is 117 cm³/mol. The first-order chi connectivity index (χ1) is 14.1. The summed E-state index contributed by atoms with van der Waals surface area (Å²) in [5, 5.41) is 0.755. The average Bonchev–Trinajstić information content (AvgIpc) is 3.38. The molecule has 152 valence electrons. The highest BCUT2D eigenvalue weighted by molar-refractivity contribution is 7.99. The van der Waals surface area contributed by atoms with E-state index in [0.29, 0.717) is 13.2 Å². The summed E-state index contributed by atoms with van der Waals surface area (Å²) in [6.07, 6.45) is 7.32. The third-order valence-corrected chi connectivity index (χ3v) is 6.46. The van der Waals surface area contributed by atoms with Crippen LogP contribution in [-0.2, 0) is 22.4 Å². The number of thioether (sulfide) groups is 1. The van der Waals surface area contributed by atoms with Crippen molar-refractivity contribution in [2.24, 2.45) is 0 Å². The third kappa shape index (κ3) is 5.64. The van der Waals surface area contributed by atoms with E-state index in [4.69, 9.17) is 21.1 Å². The Bertz CT molecular complexity index is 900.